The molecule has 0 aliphatic carbocycles. The summed E-state index contributed by atoms with van der Waals surface area (Å²) < 4.78 is 26.6. The van der Waals surface area contributed by atoms with Gasteiger partial charge in [-0.15, -0.1) is 0 Å². The zero-order valence-electron chi connectivity index (χ0n) is 21.8. The first-order valence-electron chi connectivity index (χ1n) is 12.2. The van der Waals surface area contributed by atoms with E-state index in [0.717, 1.165) is 16.1 Å². The Bertz CT molecular complexity index is 1420. The van der Waals surface area contributed by atoms with Crippen LogP contribution in [0.1, 0.15) is 25.0 Å². The molecule has 0 aromatic heterocycles. The lowest BCUT2D eigenvalue weighted by Gasteiger charge is -2.34. The number of sulfonamides is 1. The lowest BCUT2D eigenvalue weighted by molar-refractivity contribution is -0.140. The number of carbonyl (C=O) groups excluding carboxylic acids is 2. The Labute approximate surface area is 244 Å². The zero-order chi connectivity index (χ0) is 28.7. The van der Waals surface area contributed by atoms with Crippen LogP contribution in [0, 0.1) is 0 Å². The van der Waals surface area contributed by atoms with Gasteiger partial charge in [0.15, 0.2) is 0 Å². The second kappa shape index (κ2) is 13.5. The quantitative estimate of drug-likeness (QED) is 0.307. The highest BCUT2D eigenvalue weighted by Crippen LogP contribution is 2.29. The third-order valence-electron chi connectivity index (χ3n) is 5.87. The normalized spacial score (nSPS) is 12.2. The molecule has 3 aromatic rings. The van der Waals surface area contributed by atoms with Gasteiger partial charge in [0, 0.05) is 24.0 Å². The van der Waals surface area contributed by atoms with Crippen LogP contribution in [-0.2, 0) is 32.6 Å². The SMILES string of the molecule is CC(C)NC(=O)[C@H](Cc1ccccc1)N(Cc1ccccc1Cl)C(=O)CN(c1ccc(Cl)c(Cl)c1)S(C)(=O)=O. The number of hydrogen-bond acceptors (Lipinski definition) is 4. The first-order chi connectivity index (χ1) is 18.4. The van der Waals surface area contributed by atoms with Gasteiger partial charge in [-0.3, -0.25) is 13.9 Å². The van der Waals surface area contributed by atoms with E-state index in [-0.39, 0.29) is 40.6 Å². The average Bonchev–Trinajstić information content (AvgIpc) is 2.87. The van der Waals surface area contributed by atoms with E-state index in [1.807, 2.05) is 44.2 Å². The van der Waals surface area contributed by atoms with Crippen LogP contribution < -0.4 is 9.62 Å². The Kier molecular flexibility index (Phi) is 10.7. The first kappa shape index (κ1) is 30.8. The number of carbonyl (C=O) groups is 2. The summed E-state index contributed by atoms with van der Waals surface area (Å²) in [5, 5.41) is 3.70. The van der Waals surface area contributed by atoms with Crippen LogP contribution in [-0.4, -0.2) is 50.0 Å². The molecule has 0 aliphatic heterocycles. The Morgan fingerprint density at radius 3 is 2.10 bits per heavy atom. The molecule has 0 saturated heterocycles. The summed E-state index contributed by atoms with van der Waals surface area (Å²) in [6.45, 7) is 3.07. The molecule has 208 valence electrons. The third kappa shape index (κ3) is 8.60. The molecular formula is C28H30Cl3N3O4S. The van der Waals surface area contributed by atoms with E-state index in [1.165, 1.54) is 23.1 Å². The van der Waals surface area contributed by atoms with Crippen LogP contribution in [0.25, 0.3) is 0 Å². The van der Waals surface area contributed by atoms with Crippen LogP contribution >= 0.6 is 34.8 Å². The number of benzene rings is 3. The standard InChI is InChI=1S/C28H30Cl3N3O4S/c1-19(2)32-28(36)26(15-20-9-5-4-6-10-20)33(17-21-11-7-8-12-23(21)29)27(35)18-34(39(3,37)38)22-13-14-24(30)25(31)16-22/h4-14,16,19,26H,15,17-18H2,1-3H3,(H,32,36)/t26-/m0/s1. The van der Waals surface area contributed by atoms with Gasteiger partial charge in [0.1, 0.15) is 12.6 Å². The first-order valence-corrected chi connectivity index (χ1v) is 15.1. The molecule has 0 saturated carbocycles. The number of nitrogens with one attached hydrogen (secondary N) is 1. The molecular weight excluding hydrogens is 581 g/mol. The largest absolute Gasteiger partial charge is 0.352 e. The van der Waals surface area contributed by atoms with Crippen LogP contribution in [0.15, 0.2) is 72.8 Å². The van der Waals surface area contributed by atoms with Crippen LogP contribution in [0.2, 0.25) is 15.1 Å². The fourth-order valence-corrected chi connectivity index (χ4v) is 5.33. The molecule has 0 bridgehead atoms. The highest BCUT2D eigenvalue weighted by molar-refractivity contribution is 7.92. The molecule has 0 spiro atoms. The molecule has 3 rings (SSSR count). The maximum Gasteiger partial charge on any atom is 0.244 e. The number of halogens is 3. The monoisotopic (exact) mass is 609 g/mol. The summed E-state index contributed by atoms with van der Waals surface area (Å²) in [6, 6.07) is 19.5. The second-order valence-electron chi connectivity index (χ2n) is 9.35. The summed E-state index contributed by atoms with van der Waals surface area (Å²) in [7, 11) is -3.92. The van der Waals surface area contributed by atoms with Crippen molar-refractivity contribution >= 4 is 62.3 Å². The van der Waals surface area contributed by atoms with Crippen molar-refractivity contribution < 1.29 is 18.0 Å². The minimum Gasteiger partial charge on any atom is -0.352 e. The molecule has 0 aliphatic rings. The highest BCUT2D eigenvalue weighted by Gasteiger charge is 2.33. The number of nitrogens with zero attached hydrogens (tertiary/aromatic N) is 2. The topological polar surface area (TPSA) is 86.8 Å². The van der Waals surface area contributed by atoms with Crippen molar-refractivity contribution in [3.8, 4) is 0 Å². The van der Waals surface area contributed by atoms with Gasteiger partial charge in [0.25, 0.3) is 0 Å². The average molecular weight is 611 g/mol. The molecule has 1 N–H and O–H groups in total. The van der Waals surface area contributed by atoms with Gasteiger partial charge in [-0.1, -0.05) is 83.3 Å². The third-order valence-corrected chi connectivity index (χ3v) is 8.12. The summed E-state index contributed by atoms with van der Waals surface area (Å²) >= 11 is 18.6. The van der Waals surface area contributed by atoms with Crippen molar-refractivity contribution in [1.82, 2.24) is 10.2 Å². The number of rotatable bonds is 11. The summed E-state index contributed by atoms with van der Waals surface area (Å²) in [6.07, 6.45) is 1.20. The van der Waals surface area contributed by atoms with E-state index in [4.69, 9.17) is 34.8 Å². The maximum absolute atomic E-state index is 14.0. The fraction of sp³-hybridized carbons (Fsp3) is 0.286. The van der Waals surface area contributed by atoms with Crippen LogP contribution in [0.3, 0.4) is 0 Å². The van der Waals surface area contributed by atoms with E-state index >= 15 is 0 Å². The zero-order valence-corrected chi connectivity index (χ0v) is 24.9. The van der Waals surface area contributed by atoms with Gasteiger partial charge in [0.05, 0.1) is 22.0 Å². The van der Waals surface area contributed by atoms with Gasteiger partial charge >= 0.3 is 0 Å². The van der Waals surface area contributed by atoms with Gasteiger partial charge in [-0.25, -0.2) is 8.42 Å². The van der Waals surface area contributed by atoms with Crippen molar-refractivity contribution in [3.63, 3.8) is 0 Å². The van der Waals surface area contributed by atoms with Crippen molar-refractivity contribution in [2.75, 3.05) is 17.1 Å². The van der Waals surface area contributed by atoms with Gasteiger partial charge < -0.3 is 10.2 Å². The predicted molar refractivity (Wildman–Crippen MR) is 158 cm³/mol. The summed E-state index contributed by atoms with van der Waals surface area (Å²) in [5.41, 5.74) is 1.62. The molecule has 7 nitrogen and oxygen atoms in total. The second-order valence-corrected chi connectivity index (χ2v) is 12.5. The molecule has 0 heterocycles. The predicted octanol–water partition coefficient (Wildman–Crippen LogP) is 5.58. The number of hydrogen-bond donors (Lipinski definition) is 1. The maximum atomic E-state index is 14.0. The lowest BCUT2D eigenvalue weighted by Crippen LogP contribution is -2.54. The van der Waals surface area contributed by atoms with E-state index in [0.29, 0.717) is 10.6 Å². The van der Waals surface area contributed by atoms with Crippen LogP contribution in [0.4, 0.5) is 5.69 Å². The van der Waals surface area contributed by atoms with Crippen molar-refractivity contribution in [3.05, 3.63) is 99.0 Å². The van der Waals surface area contributed by atoms with Crippen molar-refractivity contribution in [2.24, 2.45) is 0 Å². The Morgan fingerprint density at radius 1 is 0.872 bits per heavy atom. The van der Waals surface area contributed by atoms with E-state index in [9.17, 15) is 18.0 Å². The Hall–Kier alpha value is -2.78. The fourth-order valence-electron chi connectivity index (χ4n) is 4.00. The lowest BCUT2D eigenvalue weighted by atomic mass is 10.0. The Balaban J connectivity index is 2.08. The molecule has 2 amide bonds. The molecule has 39 heavy (non-hydrogen) atoms. The molecule has 0 fully saturated rings. The number of anilines is 1. The Morgan fingerprint density at radius 2 is 1.51 bits per heavy atom. The van der Waals surface area contributed by atoms with E-state index in [2.05, 4.69) is 5.32 Å². The summed E-state index contributed by atoms with van der Waals surface area (Å²) in [5.74, 6) is -0.957. The molecule has 11 heteroatoms. The van der Waals surface area contributed by atoms with Gasteiger partial charge in [0.2, 0.25) is 21.8 Å². The molecule has 3 aromatic carbocycles. The molecule has 1 atom stereocenters. The smallest absolute Gasteiger partial charge is 0.244 e. The number of amides is 2. The van der Waals surface area contributed by atoms with Gasteiger partial charge in [-0.2, -0.15) is 0 Å². The van der Waals surface area contributed by atoms with Crippen LogP contribution in [0.5, 0.6) is 0 Å². The highest BCUT2D eigenvalue weighted by atomic mass is 35.5. The molecule has 0 radical (unpaired) electrons. The van der Waals surface area contributed by atoms with Crippen molar-refractivity contribution in [2.45, 2.75) is 38.9 Å². The minimum atomic E-state index is -3.92. The van der Waals surface area contributed by atoms with E-state index in [1.54, 1.807) is 24.3 Å². The summed E-state index contributed by atoms with van der Waals surface area (Å²) in [4.78, 5) is 28.9. The van der Waals surface area contributed by atoms with E-state index < -0.39 is 28.5 Å². The molecule has 0 unspecified atom stereocenters. The minimum absolute atomic E-state index is 0.0134. The van der Waals surface area contributed by atoms with Gasteiger partial charge in [-0.05, 0) is 49.2 Å². The van der Waals surface area contributed by atoms with Crippen molar-refractivity contribution in [1.29, 1.82) is 0 Å².